The molecule has 0 amide bonds. The molecule has 0 aliphatic rings. The molecule has 5 rings (SSSR count). The lowest BCUT2D eigenvalue weighted by atomic mass is 9.93. The lowest BCUT2D eigenvalue weighted by Crippen LogP contribution is -2.06. The van der Waals surface area contributed by atoms with Crippen molar-refractivity contribution in [1.82, 2.24) is 9.71 Å². The minimum Gasteiger partial charge on any atom is -0.462 e. The Labute approximate surface area is 227 Å². The summed E-state index contributed by atoms with van der Waals surface area (Å²) in [5.74, 6) is -0.395. The lowest BCUT2D eigenvalue weighted by molar-refractivity contribution is 0.0526. The van der Waals surface area contributed by atoms with Gasteiger partial charge in [-0.15, -0.1) is 11.3 Å². The number of thiazole rings is 1. The van der Waals surface area contributed by atoms with E-state index in [-0.39, 0.29) is 6.61 Å². The molecule has 5 aromatic rings. The largest absolute Gasteiger partial charge is 0.462 e. The molecule has 0 aliphatic carbocycles. The van der Waals surface area contributed by atoms with Gasteiger partial charge in [-0.3, -0.25) is 0 Å². The number of fused-ring (bicyclic) bond motifs is 1. The maximum atomic E-state index is 12.8. The molecule has 36 heavy (non-hydrogen) atoms. The van der Waals surface area contributed by atoms with E-state index in [0.29, 0.717) is 15.6 Å². The van der Waals surface area contributed by atoms with Gasteiger partial charge in [0.25, 0.3) is 0 Å². The van der Waals surface area contributed by atoms with Crippen LogP contribution in [0, 0.1) is 0 Å². The smallest absolute Gasteiger partial charge is 0.338 e. The number of esters is 1. The van der Waals surface area contributed by atoms with E-state index in [4.69, 9.17) is 37.6 Å². The number of carbonyl (C=O) groups is 1. The number of hydrogen-bond acceptors (Lipinski definition) is 5. The predicted molar refractivity (Wildman–Crippen MR) is 151 cm³/mol. The van der Waals surface area contributed by atoms with Crippen molar-refractivity contribution in [2.24, 2.45) is 0 Å². The van der Waals surface area contributed by atoms with Gasteiger partial charge in [0.1, 0.15) is 0 Å². The Balaban J connectivity index is 1.66. The van der Waals surface area contributed by atoms with E-state index in [9.17, 15) is 4.79 Å². The van der Waals surface area contributed by atoms with Crippen molar-refractivity contribution in [2.45, 2.75) is 11.3 Å². The SMILES string of the molecule is CCOC(=O)c1cc(-c2ccc(Cl)cc2)c([N]Sc2nc3ccccc3s2)c(-c2ccc(Cl)cc2)c1. The van der Waals surface area contributed by atoms with Crippen molar-refractivity contribution >= 4 is 68.4 Å². The maximum absolute atomic E-state index is 12.8. The molecule has 4 nitrogen and oxygen atoms in total. The molecule has 0 fully saturated rings. The molecule has 0 spiro atoms. The third kappa shape index (κ3) is 5.37. The molecule has 1 aromatic heterocycles. The highest BCUT2D eigenvalue weighted by atomic mass is 35.5. The van der Waals surface area contributed by atoms with Crippen molar-refractivity contribution in [2.75, 3.05) is 6.61 Å². The monoisotopic (exact) mass is 549 g/mol. The first-order chi connectivity index (χ1) is 17.5. The molecule has 1 heterocycles. The Morgan fingerprint density at radius 3 is 2.06 bits per heavy atom. The van der Waals surface area contributed by atoms with E-state index in [2.05, 4.69) is 0 Å². The highest BCUT2D eigenvalue weighted by Crippen LogP contribution is 2.42. The summed E-state index contributed by atoms with van der Waals surface area (Å²) in [5.41, 5.74) is 5.43. The first-order valence-corrected chi connectivity index (χ1v) is 13.5. The fraction of sp³-hybridized carbons (Fsp3) is 0.0714. The Hall–Kier alpha value is -3.03. The van der Waals surface area contributed by atoms with Crippen LogP contribution in [0.5, 0.6) is 0 Å². The van der Waals surface area contributed by atoms with Gasteiger partial charge >= 0.3 is 5.97 Å². The summed E-state index contributed by atoms with van der Waals surface area (Å²) in [6.07, 6.45) is 0. The lowest BCUT2D eigenvalue weighted by Gasteiger charge is -2.17. The van der Waals surface area contributed by atoms with Gasteiger partial charge in [0.15, 0.2) is 4.34 Å². The number of carbonyl (C=O) groups excluding carboxylic acids is 1. The van der Waals surface area contributed by atoms with Crippen molar-refractivity contribution < 1.29 is 9.53 Å². The van der Waals surface area contributed by atoms with Crippen LogP contribution in [0.15, 0.2) is 89.3 Å². The third-order valence-corrected chi connectivity index (χ3v) is 7.75. The number of hydrogen-bond donors (Lipinski definition) is 0. The number of para-hydroxylation sites is 1. The zero-order valence-electron chi connectivity index (χ0n) is 19.1. The van der Waals surface area contributed by atoms with E-state index in [0.717, 1.165) is 42.5 Å². The van der Waals surface area contributed by atoms with Crippen LogP contribution in [-0.4, -0.2) is 17.6 Å². The average Bonchev–Trinajstić information content (AvgIpc) is 3.31. The summed E-state index contributed by atoms with van der Waals surface area (Å²) in [4.78, 5) is 17.5. The first-order valence-electron chi connectivity index (χ1n) is 11.1. The Kier molecular flexibility index (Phi) is 7.48. The first kappa shape index (κ1) is 24.7. The second-order valence-electron chi connectivity index (χ2n) is 7.78. The van der Waals surface area contributed by atoms with Crippen molar-refractivity contribution in [3.63, 3.8) is 0 Å². The van der Waals surface area contributed by atoms with Crippen molar-refractivity contribution in [3.8, 4) is 22.3 Å². The Morgan fingerprint density at radius 2 is 1.50 bits per heavy atom. The molecule has 1 radical (unpaired) electrons. The summed E-state index contributed by atoms with van der Waals surface area (Å²) in [7, 11) is 0. The zero-order chi connectivity index (χ0) is 25.1. The van der Waals surface area contributed by atoms with Crippen LogP contribution in [-0.2, 0) is 4.74 Å². The molecule has 0 unspecified atom stereocenters. The van der Waals surface area contributed by atoms with Crippen LogP contribution < -0.4 is 4.72 Å². The average molecular weight is 551 g/mol. The number of ether oxygens (including phenoxy) is 1. The molecule has 4 aromatic carbocycles. The molecule has 0 saturated carbocycles. The van der Waals surface area contributed by atoms with Crippen LogP contribution in [0.2, 0.25) is 10.0 Å². The van der Waals surface area contributed by atoms with Gasteiger partial charge in [-0.1, -0.05) is 59.6 Å². The number of aromatic nitrogens is 1. The van der Waals surface area contributed by atoms with Crippen LogP contribution in [0.3, 0.4) is 0 Å². The Morgan fingerprint density at radius 1 is 0.917 bits per heavy atom. The fourth-order valence-electron chi connectivity index (χ4n) is 3.74. The number of halogens is 2. The van der Waals surface area contributed by atoms with Crippen LogP contribution in [0.25, 0.3) is 32.5 Å². The van der Waals surface area contributed by atoms with Crippen LogP contribution in [0.4, 0.5) is 5.69 Å². The summed E-state index contributed by atoms with van der Waals surface area (Å²) in [6.45, 7) is 2.07. The Bertz CT molecular complexity index is 1430. The van der Waals surface area contributed by atoms with E-state index in [1.807, 2.05) is 84.9 Å². The number of rotatable bonds is 7. The second-order valence-corrected chi connectivity index (χ2v) is 10.7. The fourth-order valence-corrected chi connectivity index (χ4v) is 5.72. The second kappa shape index (κ2) is 10.9. The quantitative estimate of drug-likeness (QED) is 0.150. The van der Waals surface area contributed by atoms with Gasteiger partial charge in [-0.25, -0.2) is 14.5 Å². The highest BCUT2D eigenvalue weighted by molar-refractivity contribution is 7.99. The molecule has 8 heteroatoms. The van der Waals surface area contributed by atoms with Gasteiger partial charge in [-0.05, 0) is 66.6 Å². The van der Waals surface area contributed by atoms with Gasteiger partial charge < -0.3 is 4.74 Å². The summed E-state index contributed by atoms with van der Waals surface area (Å²) < 4.78 is 12.2. The van der Waals surface area contributed by atoms with Crippen LogP contribution in [0.1, 0.15) is 17.3 Å². The molecule has 0 N–H and O–H groups in total. The highest BCUT2D eigenvalue weighted by Gasteiger charge is 2.20. The maximum Gasteiger partial charge on any atom is 0.338 e. The number of benzene rings is 4. The number of nitrogens with zero attached hydrogens (tertiary/aromatic N) is 2. The van der Waals surface area contributed by atoms with E-state index >= 15 is 0 Å². The predicted octanol–water partition coefficient (Wildman–Crippen LogP) is 9.06. The van der Waals surface area contributed by atoms with E-state index in [1.165, 1.54) is 11.9 Å². The molecule has 0 saturated heterocycles. The van der Waals surface area contributed by atoms with E-state index in [1.54, 1.807) is 18.3 Å². The normalized spacial score (nSPS) is 11.0. The zero-order valence-corrected chi connectivity index (χ0v) is 22.2. The molecule has 0 atom stereocenters. The van der Waals surface area contributed by atoms with Crippen molar-refractivity contribution in [1.29, 1.82) is 0 Å². The van der Waals surface area contributed by atoms with E-state index < -0.39 is 5.97 Å². The standard InChI is InChI=1S/C28H19Cl2N2O2S2/c1-2-34-27(33)19-15-22(17-7-11-20(29)12-8-17)26(23(16-19)18-9-13-21(30)14-10-18)32-36-28-31-24-5-3-4-6-25(24)35-28/h3-16H,2H2,1H3. The molecule has 0 bridgehead atoms. The molecule has 179 valence electrons. The topological polar surface area (TPSA) is 53.3 Å². The minimum atomic E-state index is -0.395. The minimum absolute atomic E-state index is 0.283. The van der Waals surface area contributed by atoms with Gasteiger partial charge in [0.2, 0.25) is 0 Å². The summed E-state index contributed by atoms with van der Waals surface area (Å²) in [6, 6.07) is 26.6. The summed E-state index contributed by atoms with van der Waals surface area (Å²) >= 11 is 15.2. The van der Waals surface area contributed by atoms with Crippen LogP contribution >= 0.6 is 46.5 Å². The summed E-state index contributed by atoms with van der Waals surface area (Å²) in [5, 5.41) is 1.25. The molecular weight excluding hydrogens is 531 g/mol. The van der Waals surface area contributed by atoms with Gasteiger partial charge in [-0.2, -0.15) is 0 Å². The molecule has 0 aliphatic heterocycles. The molecular formula is C28H19Cl2N2O2S2. The van der Waals surface area contributed by atoms with Gasteiger partial charge in [0.05, 0.1) is 28.1 Å². The third-order valence-electron chi connectivity index (χ3n) is 5.42. The van der Waals surface area contributed by atoms with Crippen molar-refractivity contribution in [3.05, 3.63) is 101 Å². The van der Waals surface area contributed by atoms with Gasteiger partial charge in [0, 0.05) is 33.1 Å².